The largest absolute Gasteiger partial charge is 0.385 e. The van der Waals surface area contributed by atoms with Gasteiger partial charge in [-0.2, -0.15) is 0 Å². The highest BCUT2D eigenvalue weighted by atomic mass is 16.5. The molecule has 1 unspecified atom stereocenters. The van der Waals surface area contributed by atoms with Crippen LogP contribution in [0.5, 0.6) is 0 Å². The van der Waals surface area contributed by atoms with Gasteiger partial charge in [0.15, 0.2) is 0 Å². The molecule has 2 N–H and O–H groups in total. The minimum atomic E-state index is 0.427. The number of nitrogens with two attached hydrogens (primary N) is 1. The van der Waals surface area contributed by atoms with E-state index in [2.05, 4.69) is 6.92 Å². The zero-order valence-electron chi connectivity index (χ0n) is 9.72. The zero-order chi connectivity index (χ0) is 10.4. The van der Waals surface area contributed by atoms with Crippen LogP contribution >= 0.6 is 0 Å². The van der Waals surface area contributed by atoms with Gasteiger partial charge in [-0.15, -0.1) is 0 Å². The molecule has 1 aliphatic rings. The lowest BCUT2D eigenvalue weighted by molar-refractivity contribution is 0.0823. The van der Waals surface area contributed by atoms with E-state index >= 15 is 0 Å². The van der Waals surface area contributed by atoms with Crippen LogP contribution in [-0.4, -0.2) is 20.3 Å². The Balaban J connectivity index is 2.48. The highest BCUT2D eigenvalue weighted by Gasteiger charge is 2.35. The Morgan fingerprint density at radius 2 is 1.93 bits per heavy atom. The summed E-state index contributed by atoms with van der Waals surface area (Å²) in [6, 6.07) is 0. The fourth-order valence-corrected chi connectivity index (χ4v) is 2.75. The summed E-state index contributed by atoms with van der Waals surface area (Å²) in [5.74, 6) is 0.716. The molecule has 0 aromatic carbocycles. The van der Waals surface area contributed by atoms with E-state index in [1.165, 1.54) is 32.1 Å². The molecule has 84 valence electrons. The number of ether oxygens (including phenoxy) is 1. The summed E-state index contributed by atoms with van der Waals surface area (Å²) in [4.78, 5) is 0. The molecular weight excluding hydrogens is 174 g/mol. The molecule has 2 heteroatoms. The van der Waals surface area contributed by atoms with Crippen LogP contribution in [0.1, 0.15) is 45.4 Å². The van der Waals surface area contributed by atoms with Crippen LogP contribution in [0.4, 0.5) is 0 Å². The van der Waals surface area contributed by atoms with Gasteiger partial charge < -0.3 is 10.5 Å². The van der Waals surface area contributed by atoms with Gasteiger partial charge in [0.25, 0.3) is 0 Å². The first-order valence-corrected chi connectivity index (χ1v) is 5.94. The van der Waals surface area contributed by atoms with E-state index in [1.54, 1.807) is 7.11 Å². The molecule has 1 atom stereocenters. The second-order valence-corrected chi connectivity index (χ2v) is 4.81. The third kappa shape index (κ3) is 2.71. The maximum Gasteiger partial charge on any atom is 0.0465 e. The summed E-state index contributed by atoms with van der Waals surface area (Å²) in [5, 5.41) is 0. The molecule has 0 heterocycles. The van der Waals surface area contributed by atoms with Crippen molar-refractivity contribution in [2.24, 2.45) is 17.1 Å². The second kappa shape index (κ2) is 5.72. The van der Waals surface area contributed by atoms with Gasteiger partial charge in [-0.25, -0.2) is 0 Å². The molecule has 1 rings (SSSR count). The first-order valence-electron chi connectivity index (χ1n) is 5.94. The van der Waals surface area contributed by atoms with Gasteiger partial charge in [-0.1, -0.05) is 26.2 Å². The molecule has 1 aliphatic carbocycles. The Hall–Kier alpha value is -0.0800. The summed E-state index contributed by atoms with van der Waals surface area (Å²) in [5.41, 5.74) is 6.40. The molecule has 0 aromatic rings. The van der Waals surface area contributed by atoms with Gasteiger partial charge in [-0.05, 0) is 37.1 Å². The summed E-state index contributed by atoms with van der Waals surface area (Å²) in [7, 11) is 1.78. The van der Waals surface area contributed by atoms with Gasteiger partial charge in [0.2, 0.25) is 0 Å². The van der Waals surface area contributed by atoms with E-state index < -0.39 is 0 Å². The first kappa shape index (κ1) is 12.0. The van der Waals surface area contributed by atoms with E-state index in [4.69, 9.17) is 10.5 Å². The number of hydrogen-bond acceptors (Lipinski definition) is 2. The molecule has 1 fully saturated rings. The van der Waals surface area contributed by atoms with Crippen LogP contribution in [0.25, 0.3) is 0 Å². The van der Waals surface area contributed by atoms with Gasteiger partial charge in [0, 0.05) is 13.7 Å². The van der Waals surface area contributed by atoms with Gasteiger partial charge in [0.1, 0.15) is 0 Å². The fraction of sp³-hybridized carbons (Fsp3) is 1.00. The third-order valence-corrected chi connectivity index (χ3v) is 4.06. The molecule has 0 saturated heterocycles. The van der Waals surface area contributed by atoms with Crippen molar-refractivity contribution in [3.8, 4) is 0 Å². The molecule has 0 radical (unpaired) electrons. The van der Waals surface area contributed by atoms with Gasteiger partial charge in [-0.3, -0.25) is 0 Å². The van der Waals surface area contributed by atoms with E-state index in [0.29, 0.717) is 11.3 Å². The maximum absolute atomic E-state index is 5.97. The third-order valence-electron chi connectivity index (χ3n) is 4.06. The van der Waals surface area contributed by atoms with Crippen LogP contribution in [0.2, 0.25) is 0 Å². The highest BCUT2D eigenvalue weighted by Crippen LogP contribution is 2.42. The zero-order valence-corrected chi connectivity index (χ0v) is 9.72. The Morgan fingerprint density at radius 1 is 1.29 bits per heavy atom. The number of hydrogen-bond donors (Lipinski definition) is 1. The van der Waals surface area contributed by atoms with Crippen molar-refractivity contribution < 1.29 is 4.74 Å². The Kier molecular flexibility index (Phi) is 4.90. The standard InChI is InChI=1S/C12H25NO/c1-11(6-9-14-2)12(10-13)7-4-3-5-8-12/h11H,3-10,13H2,1-2H3. The predicted molar refractivity (Wildman–Crippen MR) is 60.2 cm³/mol. The van der Waals surface area contributed by atoms with E-state index in [-0.39, 0.29) is 0 Å². The summed E-state index contributed by atoms with van der Waals surface area (Å²) in [6.45, 7) is 4.08. The maximum atomic E-state index is 5.97. The Labute approximate surface area is 88.2 Å². The predicted octanol–water partition coefficient (Wildman–Crippen LogP) is 2.57. The van der Waals surface area contributed by atoms with Gasteiger partial charge >= 0.3 is 0 Å². The van der Waals surface area contributed by atoms with Crippen LogP contribution in [0, 0.1) is 11.3 Å². The molecule has 0 spiro atoms. The van der Waals surface area contributed by atoms with Crippen LogP contribution in [0.15, 0.2) is 0 Å². The SMILES string of the molecule is COCCC(C)C1(CN)CCCCC1. The first-order chi connectivity index (χ1) is 6.75. The van der Waals surface area contributed by atoms with E-state index in [9.17, 15) is 0 Å². The van der Waals surface area contributed by atoms with Crippen molar-refractivity contribution >= 4 is 0 Å². The lowest BCUT2D eigenvalue weighted by Gasteiger charge is -2.41. The van der Waals surface area contributed by atoms with Gasteiger partial charge in [0.05, 0.1) is 0 Å². The number of methoxy groups -OCH3 is 1. The minimum absolute atomic E-state index is 0.427. The van der Waals surface area contributed by atoms with Crippen LogP contribution < -0.4 is 5.73 Å². The monoisotopic (exact) mass is 199 g/mol. The van der Waals surface area contributed by atoms with Crippen molar-refractivity contribution in [3.63, 3.8) is 0 Å². The summed E-state index contributed by atoms with van der Waals surface area (Å²) >= 11 is 0. The lowest BCUT2D eigenvalue weighted by atomic mass is 9.65. The molecule has 14 heavy (non-hydrogen) atoms. The minimum Gasteiger partial charge on any atom is -0.385 e. The van der Waals surface area contributed by atoms with Crippen molar-refractivity contribution in [3.05, 3.63) is 0 Å². The van der Waals surface area contributed by atoms with Crippen molar-refractivity contribution in [2.45, 2.75) is 45.4 Å². The molecule has 1 saturated carbocycles. The molecule has 0 bridgehead atoms. The molecule has 2 nitrogen and oxygen atoms in total. The van der Waals surface area contributed by atoms with Crippen molar-refractivity contribution in [1.29, 1.82) is 0 Å². The molecule has 0 amide bonds. The quantitative estimate of drug-likeness (QED) is 0.738. The Bertz CT molecular complexity index is 152. The van der Waals surface area contributed by atoms with Crippen LogP contribution in [0.3, 0.4) is 0 Å². The number of rotatable bonds is 5. The average molecular weight is 199 g/mol. The van der Waals surface area contributed by atoms with Crippen molar-refractivity contribution in [2.75, 3.05) is 20.3 Å². The normalized spacial score (nSPS) is 23.4. The molecular formula is C12H25NO. The second-order valence-electron chi connectivity index (χ2n) is 4.81. The average Bonchev–Trinajstić information content (AvgIpc) is 2.26. The van der Waals surface area contributed by atoms with Crippen LogP contribution in [-0.2, 0) is 4.74 Å². The topological polar surface area (TPSA) is 35.2 Å². The van der Waals surface area contributed by atoms with E-state index in [1.807, 2.05) is 0 Å². The van der Waals surface area contributed by atoms with E-state index in [0.717, 1.165) is 19.6 Å². The molecule has 0 aliphatic heterocycles. The molecule has 0 aromatic heterocycles. The fourth-order valence-electron chi connectivity index (χ4n) is 2.75. The summed E-state index contributed by atoms with van der Waals surface area (Å²) < 4.78 is 5.15. The van der Waals surface area contributed by atoms with Crippen molar-refractivity contribution in [1.82, 2.24) is 0 Å². The Morgan fingerprint density at radius 3 is 2.43 bits per heavy atom. The summed E-state index contributed by atoms with van der Waals surface area (Å²) in [6.07, 6.45) is 7.96. The lowest BCUT2D eigenvalue weighted by Crippen LogP contribution is -2.39. The smallest absolute Gasteiger partial charge is 0.0465 e. The highest BCUT2D eigenvalue weighted by molar-refractivity contribution is 4.87.